The van der Waals surface area contributed by atoms with Gasteiger partial charge in [-0.1, -0.05) is 30.0 Å². The Hall–Kier alpha value is -3.44. The van der Waals surface area contributed by atoms with Crippen molar-refractivity contribution in [2.75, 3.05) is 20.8 Å². The summed E-state index contributed by atoms with van der Waals surface area (Å²) in [5, 5.41) is 0. The van der Waals surface area contributed by atoms with E-state index in [9.17, 15) is 14.4 Å². The number of pyridine rings is 1. The normalized spacial score (nSPS) is 14.4. The van der Waals surface area contributed by atoms with Gasteiger partial charge in [-0.2, -0.15) is 0 Å². The third-order valence-corrected chi connectivity index (χ3v) is 6.00. The Bertz CT molecular complexity index is 1090. The maximum absolute atomic E-state index is 12.8. The first-order valence-electron chi connectivity index (χ1n) is 9.89. The zero-order valence-corrected chi connectivity index (χ0v) is 19.6. The van der Waals surface area contributed by atoms with Gasteiger partial charge in [-0.15, -0.1) is 0 Å². The van der Waals surface area contributed by atoms with Gasteiger partial charge in [0.05, 0.1) is 19.1 Å². The van der Waals surface area contributed by atoms with Gasteiger partial charge in [0, 0.05) is 30.9 Å². The summed E-state index contributed by atoms with van der Waals surface area (Å²) < 4.78 is 11.0. The van der Waals surface area contributed by atoms with Crippen LogP contribution in [0.15, 0.2) is 47.6 Å². The van der Waals surface area contributed by atoms with E-state index in [0.717, 1.165) is 5.56 Å². The highest BCUT2D eigenvalue weighted by Gasteiger charge is 2.31. The van der Waals surface area contributed by atoms with Gasteiger partial charge >= 0.3 is 0 Å². The van der Waals surface area contributed by atoms with Gasteiger partial charge in [-0.3, -0.25) is 35.1 Å². The molecule has 3 amide bonds. The summed E-state index contributed by atoms with van der Waals surface area (Å²) in [6.45, 7) is 0.291. The molecule has 9 nitrogen and oxygen atoms in total. The molecule has 1 fully saturated rings. The number of thioether (sulfide) groups is 1. The SMILES string of the molecule is COc1ccc(/C=C2\SC(=S)N(CCCC(=O)NNC(=O)c3ccncc3)C2=O)cc1OC. The summed E-state index contributed by atoms with van der Waals surface area (Å²) in [6, 6.07) is 8.42. The molecule has 0 bridgehead atoms. The Morgan fingerprint density at radius 3 is 2.55 bits per heavy atom. The minimum absolute atomic E-state index is 0.114. The molecule has 0 radical (unpaired) electrons. The van der Waals surface area contributed by atoms with Gasteiger partial charge in [0.1, 0.15) is 4.32 Å². The molecule has 0 spiro atoms. The average molecular weight is 487 g/mol. The average Bonchev–Trinajstić information content (AvgIpc) is 3.10. The Morgan fingerprint density at radius 2 is 1.85 bits per heavy atom. The van der Waals surface area contributed by atoms with Crippen molar-refractivity contribution >= 4 is 52.1 Å². The number of hydrogen-bond acceptors (Lipinski definition) is 8. The van der Waals surface area contributed by atoms with E-state index in [0.29, 0.717) is 39.3 Å². The molecule has 2 N–H and O–H groups in total. The molecule has 0 atom stereocenters. The van der Waals surface area contributed by atoms with E-state index >= 15 is 0 Å². The summed E-state index contributed by atoms with van der Waals surface area (Å²) >= 11 is 6.54. The molecule has 33 heavy (non-hydrogen) atoms. The van der Waals surface area contributed by atoms with Crippen LogP contribution in [0.1, 0.15) is 28.8 Å². The molecule has 172 valence electrons. The van der Waals surface area contributed by atoms with Crippen molar-refractivity contribution in [1.82, 2.24) is 20.7 Å². The highest BCUT2D eigenvalue weighted by molar-refractivity contribution is 8.26. The molecule has 1 aromatic carbocycles. The highest BCUT2D eigenvalue weighted by Crippen LogP contribution is 2.34. The molecule has 3 rings (SSSR count). The van der Waals surface area contributed by atoms with Crippen molar-refractivity contribution in [3.63, 3.8) is 0 Å². The third kappa shape index (κ3) is 6.30. The van der Waals surface area contributed by atoms with Crippen molar-refractivity contribution in [2.45, 2.75) is 12.8 Å². The minimum Gasteiger partial charge on any atom is -0.493 e. The van der Waals surface area contributed by atoms with Crippen LogP contribution in [-0.2, 0) is 9.59 Å². The predicted molar refractivity (Wildman–Crippen MR) is 129 cm³/mol. The minimum atomic E-state index is -0.442. The molecular formula is C22H22N4O5S2. The number of methoxy groups -OCH3 is 2. The van der Waals surface area contributed by atoms with Gasteiger partial charge < -0.3 is 9.47 Å². The molecule has 0 aliphatic carbocycles. The molecule has 2 aromatic rings. The Balaban J connectivity index is 1.50. The first-order valence-corrected chi connectivity index (χ1v) is 11.1. The van der Waals surface area contributed by atoms with Gasteiger partial charge in [-0.05, 0) is 42.3 Å². The van der Waals surface area contributed by atoms with Crippen LogP contribution in [0.5, 0.6) is 11.5 Å². The summed E-state index contributed by atoms with van der Waals surface area (Å²) in [5.74, 6) is 0.124. The van der Waals surface area contributed by atoms with Gasteiger partial charge in [0.25, 0.3) is 11.8 Å². The van der Waals surface area contributed by atoms with E-state index in [1.807, 2.05) is 6.07 Å². The number of ether oxygens (including phenoxy) is 2. The quantitative estimate of drug-likeness (QED) is 0.333. The van der Waals surface area contributed by atoms with Crippen molar-refractivity contribution in [3.05, 3.63) is 58.8 Å². The molecule has 0 unspecified atom stereocenters. The first-order chi connectivity index (χ1) is 15.9. The van der Waals surface area contributed by atoms with Crippen molar-refractivity contribution in [3.8, 4) is 11.5 Å². The van der Waals surface area contributed by atoms with Crippen LogP contribution >= 0.6 is 24.0 Å². The number of thiocarbonyl (C=S) groups is 1. The predicted octanol–water partition coefficient (Wildman–Crippen LogP) is 2.54. The van der Waals surface area contributed by atoms with E-state index in [4.69, 9.17) is 21.7 Å². The van der Waals surface area contributed by atoms with E-state index in [1.165, 1.54) is 41.2 Å². The number of rotatable bonds is 8. The fraction of sp³-hybridized carbons (Fsp3) is 0.227. The number of aromatic nitrogens is 1. The monoisotopic (exact) mass is 486 g/mol. The smallest absolute Gasteiger partial charge is 0.269 e. The second kappa shape index (κ2) is 11.4. The lowest BCUT2D eigenvalue weighted by Crippen LogP contribution is -2.41. The molecular weight excluding hydrogens is 464 g/mol. The van der Waals surface area contributed by atoms with Gasteiger partial charge in [-0.25, -0.2) is 0 Å². The molecule has 1 aliphatic heterocycles. The number of carbonyl (C=O) groups excluding carboxylic acids is 3. The lowest BCUT2D eigenvalue weighted by molar-refractivity contribution is -0.124. The van der Waals surface area contributed by atoms with Crippen molar-refractivity contribution < 1.29 is 23.9 Å². The van der Waals surface area contributed by atoms with Gasteiger partial charge in [0.2, 0.25) is 5.91 Å². The summed E-state index contributed by atoms with van der Waals surface area (Å²) in [7, 11) is 3.10. The molecule has 11 heteroatoms. The van der Waals surface area contributed by atoms with E-state index in [2.05, 4.69) is 15.8 Å². The van der Waals surface area contributed by atoms with E-state index in [-0.39, 0.29) is 18.2 Å². The van der Waals surface area contributed by atoms with Crippen LogP contribution in [-0.4, -0.2) is 52.7 Å². The van der Waals surface area contributed by atoms with Crippen LogP contribution in [0.3, 0.4) is 0 Å². The molecule has 1 aromatic heterocycles. The lowest BCUT2D eigenvalue weighted by atomic mass is 10.2. The summed E-state index contributed by atoms with van der Waals surface area (Å²) in [5.41, 5.74) is 5.85. The van der Waals surface area contributed by atoms with Crippen molar-refractivity contribution in [2.24, 2.45) is 0 Å². The zero-order valence-electron chi connectivity index (χ0n) is 18.0. The number of amides is 3. The summed E-state index contributed by atoms with van der Waals surface area (Å²) in [6.07, 6.45) is 5.20. The standard InChI is InChI=1S/C22H22N4O5S2/c1-30-16-6-5-14(12-17(16)31-2)13-18-21(29)26(22(32)33-18)11-3-4-19(27)24-25-20(28)15-7-9-23-10-8-15/h5-10,12-13H,3-4,11H2,1-2H3,(H,24,27)(H,25,28)/b18-13-. The Kier molecular flexibility index (Phi) is 8.39. The molecule has 2 heterocycles. The Labute approximate surface area is 200 Å². The lowest BCUT2D eigenvalue weighted by Gasteiger charge is -2.14. The molecule has 1 aliphatic rings. The maximum atomic E-state index is 12.8. The van der Waals surface area contributed by atoms with Crippen LogP contribution in [0.2, 0.25) is 0 Å². The van der Waals surface area contributed by atoms with Crippen LogP contribution in [0.4, 0.5) is 0 Å². The van der Waals surface area contributed by atoms with Crippen LogP contribution in [0.25, 0.3) is 6.08 Å². The zero-order chi connectivity index (χ0) is 23.8. The number of hydrogen-bond donors (Lipinski definition) is 2. The van der Waals surface area contributed by atoms with Crippen LogP contribution in [0, 0.1) is 0 Å². The topological polar surface area (TPSA) is 110 Å². The first kappa shape index (κ1) is 24.2. The van der Waals surface area contributed by atoms with E-state index in [1.54, 1.807) is 32.4 Å². The molecule has 1 saturated heterocycles. The van der Waals surface area contributed by atoms with E-state index < -0.39 is 5.91 Å². The fourth-order valence-electron chi connectivity index (χ4n) is 2.95. The largest absolute Gasteiger partial charge is 0.493 e. The second-order valence-electron chi connectivity index (χ2n) is 6.79. The molecule has 0 saturated carbocycles. The van der Waals surface area contributed by atoms with Crippen LogP contribution < -0.4 is 20.3 Å². The maximum Gasteiger partial charge on any atom is 0.269 e. The number of nitrogens with one attached hydrogen (secondary N) is 2. The second-order valence-corrected chi connectivity index (χ2v) is 8.47. The number of carbonyl (C=O) groups is 3. The van der Waals surface area contributed by atoms with Crippen molar-refractivity contribution in [1.29, 1.82) is 0 Å². The summed E-state index contributed by atoms with van der Waals surface area (Å²) in [4.78, 5) is 42.5. The van der Waals surface area contributed by atoms with Gasteiger partial charge in [0.15, 0.2) is 11.5 Å². The number of hydrazine groups is 1. The number of benzene rings is 1. The third-order valence-electron chi connectivity index (χ3n) is 4.62. The highest BCUT2D eigenvalue weighted by atomic mass is 32.2. The number of nitrogens with zero attached hydrogens (tertiary/aromatic N) is 2. The fourth-order valence-corrected chi connectivity index (χ4v) is 4.26. The Morgan fingerprint density at radius 1 is 1.12 bits per heavy atom.